The van der Waals surface area contributed by atoms with Gasteiger partial charge in [-0.25, -0.2) is 4.79 Å². The molecule has 0 radical (unpaired) electrons. The fraction of sp³-hybridized carbons (Fsp3) is 0.692. The first-order chi connectivity index (χ1) is 10.5. The van der Waals surface area contributed by atoms with Gasteiger partial charge in [-0.05, 0) is 27.7 Å². The summed E-state index contributed by atoms with van der Waals surface area (Å²) < 4.78 is 12.5. The van der Waals surface area contributed by atoms with E-state index in [2.05, 4.69) is 5.32 Å². The van der Waals surface area contributed by atoms with Crippen molar-refractivity contribution in [3.8, 4) is 0 Å². The molecule has 2 amide bonds. The molecular weight excluding hydrogens is 294 g/mol. The average molecular weight is 318 g/mol. The Morgan fingerprint density at radius 3 is 2.14 bits per heavy atom. The molecule has 126 valence electrons. The molecule has 0 rings (SSSR count). The smallest absolute Gasteiger partial charge is 0.328 e. The van der Waals surface area contributed by atoms with E-state index in [0.29, 0.717) is 0 Å². The number of aliphatic carboxylic acids is 1. The van der Waals surface area contributed by atoms with E-state index in [1.807, 2.05) is 0 Å². The molecule has 0 unspecified atom stereocenters. The van der Waals surface area contributed by atoms with Crippen LogP contribution in [-0.2, 0) is 23.9 Å². The van der Waals surface area contributed by atoms with Gasteiger partial charge in [0.1, 0.15) is 12.1 Å². The summed E-state index contributed by atoms with van der Waals surface area (Å²) in [5, 5.41) is 11.3. The van der Waals surface area contributed by atoms with E-state index in [9.17, 15) is 19.2 Å². The SMILES string of the molecule is [2H]N(C(=O)[C@@H](C)N)[C@@H](CC(=O)O)C(=O)N[C@@H](C)C(=O)OC(C)C. The lowest BCUT2D eigenvalue weighted by atomic mass is 10.1. The Kier molecular flexibility index (Phi) is 7.30. The summed E-state index contributed by atoms with van der Waals surface area (Å²) in [4.78, 5) is 46.3. The standard InChI is InChI=1S/C13H23N3O6/c1-6(2)22-13(21)8(4)15-12(20)9(5-10(17)18)16-11(19)7(3)14/h6-9H,5,14H2,1-4H3,(H,15,20)(H,16,19)(H,17,18)/t7-,8+,9+/m1/s1/i/hD. The predicted octanol–water partition coefficient (Wildman–Crippen LogP) is -1.25. The van der Waals surface area contributed by atoms with Crippen molar-refractivity contribution >= 4 is 23.8 Å². The van der Waals surface area contributed by atoms with Crippen LogP contribution in [0.3, 0.4) is 0 Å². The number of carbonyl (C=O) groups is 4. The Morgan fingerprint density at radius 2 is 1.73 bits per heavy atom. The van der Waals surface area contributed by atoms with Crippen molar-refractivity contribution < 1.29 is 30.4 Å². The first-order valence-corrected chi connectivity index (χ1v) is 6.77. The molecule has 0 aliphatic rings. The van der Waals surface area contributed by atoms with Crippen LogP contribution in [0.4, 0.5) is 0 Å². The zero-order valence-electron chi connectivity index (χ0n) is 14.0. The van der Waals surface area contributed by atoms with E-state index >= 15 is 0 Å². The highest BCUT2D eigenvalue weighted by Gasteiger charge is 2.28. The molecule has 9 heteroatoms. The van der Waals surface area contributed by atoms with Crippen molar-refractivity contribution in [2.75, 3.05) is 0 Å². The first kappa shape index (κ1) is 17.9. The topological polar surface area (TPSA) is 148 Å². The van der Waals surface area contributed by atoms with Gasteiger partial charge in [0.05, 0.1) is 18.6 Å². The minimum absolute atomic E-state index is 0.217. The highest BCUT2D eigenvalue weighted by Crippen LogP contribution is 1.98. The molecule has 5 N–H and O–H groups in total. The molecule has 22 heavy (non-hydrogen) atoms. The van der Waals surface area contributed by atoms with E-state index in [1.165, 1.54) is 13.8 Å². The number of nitrogens with one attached hydrogen (secondary N) is 2. The van der Waals surface area contributed by atoms with Crippen LogP contribution in [-0.4, -0.2) is 53.1 Å². The zero-order chi connectivity index (χ0) is 18.3. The molecule has 0 aliphatic heterocycles. The monoisotopic (exact) mass is 318 g/mol. The third-order valence-electron chi connectivity index (χ3n) is 2.41. The minimum Gasteiger partial charge on any atom is -0.481 e. The maximum absolute atomic E-state index is 12.1. The largest absolute Gasteiger partial charge is 0.481 e. The van der Waals surface area contributed by atoms with Gasteiger partial charge in [0.15, 0.2) is 1.41 Å². The highest BCUT2D eigenvalue weighted by molar-refractivity contribution is 5.93. The van der Waals surface area contributed by atoms with E-state index in [4.69, 9.17) is 17.0 Å². The quantitative estimate of drug-likeness (QED) is 0.409. The second-order valence-electron chi connectivity index (χ2n) is 5.09. The van der Waals surface area contributed by atoms with Crippen molar-refractivity contribution in [2.45, 2.75) is 58.3 Å². The van der Waals surface area contributed by atoms with Crippen molar-refractivity contribution in [3.05, 3.63) is 0 Å². The molecule has 0 aromatic rings. The molecule has 0 bridgehead atoms. The third-order valence-corrected chi connectivity index (χ3v) is 2.41. The van der Waals surface area contributed by atoms with Crippen LogP contribution in [0, 0.1) is 0 Å². The lowest BCUT2D eigenvalue weighted by molar-refractivity contribution is -0.151. The molecule has 0 aliphatic carbocycles. The van der Waals surface area contributed by atoms with E-state index in [1.54, 1.807) is 13.8 Å². The highest BCUT2D eigenvalue weighted by atomic mass is 16.5. The molecular formula is C13H23N3O6. The Morgan fingerprint density at radius 1 is 1.18 bits per heavy atom. The normalized spacial score (nSPS) is 15.3. The van der Waals surface area contributed by atoms with Gasteiger partial charge in [-0.3, -0.25) is 14.4 Å². The minimum atomic E-state index is -1.61. The number of esters is 1. The van der Waals surface area contributed by atoms with Gasteiger partial charge in [0.2, 0.25) is 11.8 Å². The second kappa shape index (κ2) is 8.98. The fourth-order valence-electron chi connectivity index (χ4n) is 1.34. The number of carboxylic acids is 1. The van der Waals surface area contributed by atoms with Crippen LogP contribution >= 0.6 is 0 Å². The Hall–Kier alpha value is -2.16. The molecule has 0 aromatic carbocycles. The van der Waals surface area contributed by atoms with Crippen molar-refractivity contribution in [3.63, 3.8) is 0 Å². The first-order valence-electron chi connectivity index (χ1n) is 7.22. The van der Waals surface area contributed by atoms with E-state index < -0.39 is 48.3 Å². The molecule has 0 saturated carbocycles. The van der Waals surface area contributed by atoms with Crippen LogP contribution in [0.15, 0.2) is 0 Å². The Bertz CT molecular complexity index is 469. The molecule has 9 nitrogen and oxygen atoms in total. The van der Waals surface area contributed by atoms with Gasteiger partial charge in [-0.1, -0.05) is 0 Å². The number of amides is 2. The number of carboxylic acid groups (broad SMARTS) is 1. The van der Waals surface area contributed by atoms with Crippen LogP contribution in [0.25, 0.3) is 0 Å². The number of hydrogen-bond acceptors (Lipinski definition) is 6. The Balaban J connectivity index is 5.04. The number of hydrogen-bond donors (Lipinski definition) is 4. The van der Waals surface area contributed by atoms with Gasteiger partial charge < -0.3 is 26.2 Å². The molecule has 0 aromatic heterocycles. The molecule has 0 fully saturated rings. The van der Waals surface area contributed by atoms with E-state index in [-0.39, 0.29) is 11.4 Å². The number of rotatable bonds is 8. The van der Waals surface area contributed by atoms with Gasteiger partial charge in [0, 0.05) is 0 Å². The summed E-state index contributed by atoms with van der Waals surface area (Å²) >= 11 is 0. The lowest BCUT2D eigenvalue weighted by Crippen LogP contribution is -2.54. The summed E-state index contributed by atoms with van der Waals surface area (Å²) in [5.41, 5.74) is 5.35. The fourth-order valence-corrected chi connectivity index (χ4v) is 1.34. The van der Waals surface area contributed by atoms with E-state index in [0.717, 1.165) is 0 Å². The number of nitrogens with two attached hydrogens (primary N) is 1. The maximum atomic E-state index is 12.1. The lowest BCUT2D eigenvalue weighted by Gasteiger charge is -2.21. The van der Waals surface area contributed by atoms with Gasteiger partial charge in [-0.15, -0.1) is 0 Å². The summed E-state index contributed by atoms with van der Waals surface area (Å²) in [7, 11) is 0. The van der Waals surface area contributed by atoms with Crippen LogP contribution < -0.4 is 16.4 Å². The molecule has 3 atom stereocenters. The Labute approximate surface area is 130 Å². The number of ether oxygens (including phenoxy) is 1. The summed E-state index contributed by atoms with van der Waals surface area (Å²) in [5.74, 6) is -3.96. The molecule has 0 saturated heterocycles. The van der Waals surface area contributed by atoms with Crippen molar-refractivity contribution in [2.24, 2.45) is 5.73 Å². The number of carbonyl (C=O) groups excluding carboxylic acids is 3. The van der Waals surface area contributed by atoms with Crippen LogP contribution in [0.5, 0.6) is 0 Å². The average Bonchev–Trinajstić information content (AvgIpc) is 2.41. The van der Waals surface area contributed by atoms with Crippen LogP contribution in [0.2, 0.25) is 1.41 Å². The van der Waals surface area contributed by atoms with Gasteiger partial charge in [-0.2, -0.15) is 0 Å². The van der Waals surface area contributed by atoms with Crippen molar-refractivity contribution in [1.29, 1.82) is 0 Å². The summed E-state index contributed by atoms with van der Waals surface area (Å²) in [6, 6.07) is -3.74. The summed E-state index contributed by atoms with van der Waals surface area (Å²) in [6.45, 7) is 5.92. The molecule has 0 heterocycles. The maximum Gasteiger partial charge on any atom is 0.328 e. The van der Waals surface area contributed by atoms with Gasteiger partial charge in [0.25, 0.3) is 0 Å². The van der Waals surface area contributed by atoms with Crippen molar-refractivity contribution in [1.82, 2.24) is 10.6 Å². The van der Waals surface area contributed by atoms with Crippen LogP contribution in [0.1, 0.15) is 34.1 Å². The molecule has 0 spiro atoms. The predicted molar refractivity (Wildman–Crippen MR) is 76.7 cm³/mol. The van der Waals surface area contributed by atoms with Gasteiger partial charge >= 0.3 is 11.9 Å². The zero-order valence-corrected chi connectivity index (χ0v) is 13.0. The summed E-state index contributed by atoms with van der Waals surface area (Å²) in [6.07, 6.45) is -1.18. The third kappa shape index (κ3) is 7.58. The second-order valence-corrected chi connectivity index (χ2v) is 5.09.